The molecule has 16 bridgehead atoms. The lowest BCUT2D eigenvalue weighted by atomic mass is 9.44. The number of phenols is 2. The zero-order chi connectivity index (χ0) is 45.6. The van der Waals surface area contributed by atoms with E-state index in [4.69, 9.17) is 11.5 Å². The number of hydrogen-bond acceptors (Lipinski definition) is 4. The Hall–Kier alpha value is -3.92. The molecule has 0 saturated heterocycles. The van der Waals surface area contributed by atoms with Gasteiger partial charge < -0.3 is 21.7 Å². The SMILES string of the molecule is Nc1cc(C2(c3ccc(O)c(N)c3)c3cc(C45CC6CC(CC(C6)C4)C5)c(C45CC6CC(CC(C6)C4)C5)cc3-c3cc(C45CC6CC(CC(C6)C4)C5)c(C45CC6CC(CC(C6)C4)C5)cc32)ccc1O. The van der Waals surface area contributed by atoms with Gasteiger partial charge in [-0.05, 0) is 339 Å². The van der Waals surface area contributed by atoms with E-state index in [2.05, 4.69) is 48.5 Å². The van der Waals surface area contributed by atoms with Crippen molar-refractivity contribution in [3.8, 4) is 22.6 Å². The maximum atomic E-state index is 11.3. The van der Waals surface area contributed by atoms with Crippen LogP contribution < -0.4 is 11.5 Å². The first-order valence-electron chi connectivity index (χ1n) is 29.0. The quantitative estimate of drug-likeness (QED) is 0.101. The smallest absolute Gasteiger partial charge is 0.138 e. The fourth-order valence-corrected chi connectivity index (χ4v) is 24.3. The van der Waals surface area contributed by atoms with E-state index in [-0.39, 0.29) is 33.2 Å². The molecule has 6 N–H and O–H groups in total. The number of phenolic OH excluding ortho intramolecular Hbond substituents is 2. The highest BCUT2D eigenvalue weighted by atomic mass is 16.3. The molecule has 0 unspecified atom stereocenters. The highest BCUT2D eigenvalue weighted by Crippen LogP contribution is 2.71. The lowest BCUT2D eigenvalue weighted by Gasteiger charge is -2.61. The summed E-state index contributed by atoms with van der Waals surface area (Å²) < 4.78 is 0. The summed E-state index contributed by atoms with van der Waals surface area (Å²) in [5.41, 5.74) is 30.2. The van der Waals surface area contributed by atoms with Crippen molar-refractivity contribution >= 4 is 11.4 Å². The minimum absolute atomic E-state index is 0.149. The van der Waals surface area contributed by atoms with Gasteiger partial charge in [0.05, 0.1) is 16.8 Å². The molecular formula is C65H76N2O2. The van der Waals surface area contributed by atoms with E-state index in [0.29, 0.717) is 11.4 Å². The summed E-state index contributed by atoms with van der Waals surface area (Å²) in [6.45, 7) is 0. The normalized spacial score (nSPS) is 44.6. The van der Waals surface area contributed by atoms with Crippen LogP contribution in [0.4, 0.5) is 11.4 Å². The molecule has 4 aromatic carbocycles. The molecule has 17 aliphatic rings. The van der Waals surface area contributed by atoms with E-state index in [1.807, 2.05) is 12.1 Å². The van der Waals surface area contributed by atoms with Crippen LogP contribution in [0.25, 0.3) is 11.1 Å². The largest absolute Gasteiger partial charge is 0.506 e. The van der Waals surface area contributed by atoms with E-state index in [1.54, 1.807) is 22.3 Å². The molecule has 16 saturated carbocycles. The molecule has 0 radical (unpaired) electrons. The summed E-state index contributed by atoms with van der Waals surface area (Å²) in [6, 6.07) is 24.1. The Kier molecular flexibility index (Phi) is 7.88. The average molecular weight is 917 g/mol. The molecule has 358 valence electrons. The first kappa shape index (κ1) is 40.7. The van der Waals surface area contributed by atoms with E-state index < -0.39 is 5.41 Å². The third-order valence-electron chi connectivity index (χ3n) is 24.8. The van der Waals surface area contributed by atoms with Crippen molar-refractivity contribution in [1.29, 1.82) is 0 Å². The molecule has 0 spiro atoms. The summed E-state index contributed by atoms with van der Waals surface area (Å²) in [5.74, 6) is 10.7. The van der Waals surface area contributed by atoms with Gasteiger partial charge in [-0.2, -0.15) is 0 Å². The van der Waals surface area contributed by atoms with Crippen molar-refractivity contribution in [2.45, 2.75) is 181 Å². The molecule has 0 amide bonds. The zero-order valence-corrected chi connectivity index (χ0v) is 41.2. The molecule has 4 heteroatoms. The van der Waals surface area contributed by atoms with Crippen molar-refractivity contribution in [3.05, 3.63) is 105 Å². The minimum Gasteiger partial charge on any atom is -0.506 e. The number of aromatic hydroxyl groups is 2. The summed E-state index contributed by atoms with van der Waals surface area (Å²) in [4.78, 5) is 0. The molecule has 69 heavy (non-hydrogen) atoms. The summed E-state index contributed by atoms with van der Waals surface area (Å²) in [7, 11) is 0. The van der Waals surface area contributed by atoms with Crippen LogP contribution >= 0.6 is 0 Å². The van der Waals surface area contributed by atoms with Crippen LogP contribution in [0.5, 0.6) is 11.5 Å². The van der Waals surface area contributed by atoms with Gasteiger partial charge in [0.25, 0.3) is 0 Å². The Labute approximate surface area is 411 Å². The molecule has 0 heterocycles. The van der Waals surface area contributed by atoms with Gasteiger partial charge in [0, 0.05) is 0 Å². The molecule has 17 aliphatic carbocycles. The Morgan fingerprint density at radius 2 is 0.536 bits per heavy atom. The molecule has 4 nitrogen and oxygen atoms in total. The Bertz CT molecular complexity index is 2560. The van der Waals surface area contributed by atoms with Gasteiger partial charge in [-0.25, -0.2) is 0 Å². The van der Waals surface area contributed by atoms with Crippen molar-refractivity contribution < 1.29 is 10.2 Å². The Morgan fingerprint density at radius 3 is 0.768 bits per heavy atom. The third kappa shape index (κ3) is 5.39. The Morgan fingerprint density at radius 1 is 0.304 bits per heavy atom. The number of hydrogen-bond donors (Lipinski definition) is 4. The maximum absolute atomic E-state index is 11.3. The lowest BCUT2D eigenvalue weighted by molar-refractivity contribution is -0.0174. The highest BCUT2D eigenvalue weighted by Gasteiger charge is 2.61. The van der Waals surface area contributed by atoms with Crippen molar-refractivity contribution in [3.63, 3.8) is 0 Å². The van der Waals surface area contributed by atoms with Crippen molar-refractivity contribution in [2.24, 2.45) is 71.0 Å². The van der Waals surface area contributed by atoms with Gasteiger partial charge >= 0.3 is 0 Å². The van der Waals surface area contributed by atoms with Crippen LogP contribution in [-0.2, 0) is 27.1 Å². The number of benzene rings is 4. The Balaban J connectivity index is 1.00. The molecule has 21 rings (SSSR count). The molecule has 0 aliphatic heterocycles. The maximum Gasteiger partial charge on any atom is 0.138 e. The van der Waals surface area contributed by atoms with Gasteiger partial charge in [0.2, 0.25) is 0 Å². The third-order valence-corrected chi connectivity index (χ3v) is 24.8. The number of anilines is 2. The summed E-state index contributed by atoms with van der Waals surface area (Å²) in [5, 5.41) is 22.6. The lowest BCUT2D eigenvalue weighted by Crippen LogP contribution is -2.52. The first-order valence-corrected chi connectivity index (χ1v) is 29.0. The minimum atomic E-state index is -0.734. The predicted molar refractivity (Wildman–Crippen MR) is 275 cm³/mol. The monoisotopic (exact) mass is 917 g/mol. The average Bonchev–Trinajstić information content (AvgIpc) is 3.58. The molecule has 0 atom stereocenters. The first-order chi connectivity index (χ1) is 33.4. The number of nitrogens with two attached hydrogens (primary N) is 2. The highest BCUT2D eigenvalue weighted by molar-refractivity contribution is 5.89. The second-order valence-corrected chi connectivity index (χ2v) is 29.0. The van der Waals surface area contributed by atoms with E-state index >= 15 is 0 Å². The zero-order valence-electron chi connectivity index (χ0n) is 41.2. The van der Waals surface area contributed by atoms with Gasteiger partial charge in [-0.15, -0.1) is 0 Å². The van der Waals surface area contributed by atoms with E-state index in [0.717, 1.165) is 82.1 Å². The van der Waals surface area contributed by atoms with Crippen LogP contribution in [0.15, 0.2) is 60.7 Å². The summed E-state index contributed by atoms with van der Waals surface area (Å²) >= 11 is 0. The number of fused-ring (bicyclic) bond motifs is 3. The van der Waals surface area contributed by atoms with Crippen LogP contribution in [0.2, 0.25) is 0 Å². The standard InChI is InChI=1S/C65H76N2O2/c66-57-17-47(1-3-59(57)68)65(48-2-4-60(69)58(67)18-48)51-21-55(63-29-41-11-42(30-63)13-43(12-41)31-63)53(61-23-35-5-36(24-61)7-37(6-35)25-61)19-49(51)50-20-54(62-26-38-8-39(27-62)10-40(9-38)28-62)56(22-52(50)65)64-32-44-14-45(33-64)16-46(15-44)34-64/h1-4,17-22,35-46,68-69H,5-16,23-34,66-67H2. The molecule has 16 fully saturated rings. The fraction of sp³-hybridized carbons (Fsp3) is 0.631. The van der Waals surface area contributed by atoms with Crippen molar-refractivity contribution in [1.82, 2.24) is 0 Å². The predicted octanol–water partition coefficient (Wildman–Crippen LogP) is 14.5. The molecule has 4 aromatic rings. The van der Waals surface area contributed by atoms with Gasteiger partial charge in [0.15, 0.2) is 0 Å². The van der Waals surface area contributed by atoms with Crippen LogP contribution in [0.1, 0.15) is 199 Å². The second-order valence-electron chi connectivity index (χ2n) is 29.0. The second kappa shape index (κ2) is 13.4. The van der Waals surface area contributed by atoms with Crippen LogP contribution in [0.3, 0.4) is 0 Å². The van der Waals surface area contributed by atoms with Crippen LogP contribution in [0, 0.1) is 71.0 Å². The van der Waals surface area contributed by atoms with Gasteiger partial charge in [-0.3, -0.25) is 0 Å². The fourth-order valence-electron chi connectivity index (χ4n) is 24.3. The van der Waals surface area contributed by atoms with Crippen LogP contribution in [-0.4, -0.2) is 10.2 Å². The molecular weight excluding hydrogens is 841 g/mol. The van der Waals surface area contributed by atoms with Crippen molar-refractivity contribution in [2.75, 3.05) is 11.5 Å². The number of rotatable bonds is 6. The van der Waals surface area contributed by atoms with Gasteiger partial charge in [-0.1, -0.05) is 24.3 Å². The van der Waals surface area contributed by atoms with E-state index in [9.17, 15) is 10.2 Å². The van der Waals surface area contributed by atoms with Gasteiger partial charge in [0.1, 0.15) is 11.5 Å². The number of nitrogen functional groups attached to an aromatic ring is 2. The van der Waals surface area contributed by atoms with E-state index in [1.165, 1.54) is 176 Å². The summed E-state index contributed by atoms with van der Waals surface area (Å²) in [6.07, 6.45) is 34.0. The topological polar surface area (TPSA) is 92.5 Å². The molecule has 0 aromatic heterocycles.